The first kappa shape index (κ1) is 11.8. The molecule has 2 rings (SSSR count). The van der Waals surface area contributed by atoms with E-state index < -0.39 is 11.6 Å². The van der Waals surface area contributed by atoms with E-state index in [0.29, 0.717) is 21.5 Å². The number of halogens is 3. The third-order valence-electron chi connectivity index (χ3n) is 2.12. The number of anilines is 3. The van der Waals surface area contributed by atoms with Crippen LogP contribution in [0.4, 0.5) is 25.8 Å². The summed E-state index contributed by atoms with van der Waals surface area (Å²) in [7, 11) is 0. The number of rotatable bonds is 2. The van der Waals surface area contributed by atoms with Crippen LogP contribution in [0.15, 0.2) is 35.1 Å². The van der Waals surface area contributed by atoms with Gasteiger partial charge in [0.25, 0.3) is 0 Å². The lowest BCUT2D eigenvalue weighted by atomic mass is 10.2. The molecule has 0 bridgehead atoms. The van der Waals surface area contributed by atoms with Gasteiger partial charge in [-0.05, 0) is 28.1 Å². The maximum absolute atomic E-state index is 13.0. The standard InChI is InChI=1S/C11H8BrF2N3/c12-7-4-16-5-10(15)11(7)17-6-1-2-8(13)9(14)3-6/h1-5H,15H2,(H,16,17). The van der Waals surface area contributed by atoms with Crippen molar-refractivity contribution in [3.63, 3.8) is 0 Å². The predicted octanol–water partition coefficient (Wildman–Crippen LogP) is 3.45. The summed E-state index contributed by atoms with van der Waals surface area (Å²) < 4.78 is 26.4. The Morgan fingerprint density at radius 1 is 1.18 bits per heavy atom. The van der Waals surface area contributed by atoms with Crippen molar-refractivity contribution in [1.29, 1.82) is 0 Å². The van der Waals surface area contributed by atoms with Gasteiger partial charge in [-0.2, -0.15) is 0 Å². The number of nitrogens with zero attached hydrogens (tertiary/aromatic N) is 1. The largest absolute Gasteiger partial charge is 0.396 e. The molecule has 0 atom stereocenters. The number of hydrogen-bond donors (Lipinski definition) is 2. The lowest BCUT2D eigenvalue weighted by molar-refractivity contribution is 0.509. The molecule has 3 nitrogen and oxygen atoms in total. The Bertz CT molecular complexity index is 540. The highest BCUT2D eigenvalue weighted by Gasteiger charge is 2.07. The van der Waals surface area contributed by atoms with Crippen molar-refractivity contribution >= 4 is 33.0 Å². The van der Waals surface area contributed by atoms with Crippen molar-refractivity contribution in [2.75, 3.05) is 11.1 Å². The maximum Gasteiger partial charge on any atom is 0.160 e. The van der Waals surface area contributed by atoms with Gasteiger partial charge in [0.2, 0.25) is 0 Å². The van der Waals surface area contributed by atoms with Crippen molar-refractivity contribution in [3.05, 3.63) is 46.7 Å². The van der Waals surface area contributed by atoms with Gasteiger partial charge in [-0.25, -0.2) is 8.78 Å². The molecule has 2 aromatic rings. The van der Waals surface area contributed by atoms with E-state index in [1.807, 2.05) is 0 Å². The van der Waals surface area contributed by atoms with Crippen LogP contribution in [0.2, 0.25) is 0 Å². The van der Waals surface area contributed by atoms with Crippen molar-refractivity contribution in [3.8, 4) is 0 Å². The van der Waals surface area contributed by atoms with Gasteiger partial charge in [0, 0.05) is 18.0 Å². The second kappa shape index (κ2) is 4.67. The zero-order chi connectivity index (χ0) is 12.4. The summed E-state index contributed by atoms with van der Waals surface area (Å²) >= 11 is 3.26. The molecule has 0 aliphatic heterocycles. The minimum absolute atomic E-state index is 0.405. The van der Waals surface area contributed by atoms with E-state index in [-0.39, 0.29) is 0 Å². The Hall–Kier alpha value is -1.69. The number of hydrogen-bond acceptors (Lipinski definition) is 3. The molecule has 1 aromatic heterocycles. The molecule has 3 N–H and O–H groups in total. The second-order valence-corrected chi connectivity index (χ2v) is 4.19. The third-order valence-corrected chi connectivity index (χ3v) is 2.72. The van der Waals surface area contributed by atoms with Gasteiger partial charge in [-0.1, -0.05) is 0 Å². The van der Waals surface area contributed by atoms with Gasteiger partial charge >= 0.3 is 0 Å². The van der Waals surface area contributed by atoms with Crippen LogP contribution in [-0.4, -0.2) is 4.98 Å². The molecule has 0 unspecified atom stereocenters. The van der Waals surface area contributed by atoms with E-state index in [1.54, 1.807) is 6.20 Å². The number of nitrogens with one attached hydrogen (secondary N) is 1. The van der Waals surface area contributed by atoms with E-state index in [4.69, 9.17) is 5.73 Å². The fourth-order valence-electron chi connectivity index (χ4n) is 1.30. The van der Waals surface area contributed by atoms with Crippen LogP contribution in [0.5, 0.6) is 0 Å². The monoisotopic (exact) mass is 299 g/mol. The summed E-state index contributed by atoms with van der Waals surface area (Å²) in [4.78, 5) is 3.87. The van der Waals surface area contributed by atoms with Crippen LogP contribution in [0, 0.1) is 11.6 Å². The molecule has 0 fully saturated rings. The first-order valence-electron chi connectivity index (χ1n) is 4.69. The Morgan fingerprint density at radius 2 is 1.94 bits per heavy atom. The zero-order valence-electron chi connectivity index (χ0n) is 8.55. The van der Waals surface area contributed by atoms with Gasteiger partial charge in [0.15, 0.2) is 11.6 Å². The Labute approximate surface area is 105 Å². The first-order valence-corrected chi connectivity index (χ1v) is 5.48. The lowest BCUT2D eigenvalue weighted by Gasteiger charge is -2.10. The molecule has 17 heavy (non-hydrogen) atoms. The van der Waals surface area contributed by atoms with E-state index in [2.05, 4.69) is 26.2 Å². The molecule has 6 heteroatoms. The Balaban J connectivity index is 2.35. The fraction of sp³-hybridized carbons (Fsp3) is 0. The van der Waals surface area contributed by atoms with Crippen LogP contribution in [0.1, 0.15) is 0 Å². The van der Waals surface area contributed by atoms with E-state index in [1.165, 1.54) is 12.3 Å². The smallest absolute Gasteiger partial charge is 0.160 e. The highest BCUT2D eigenvalue weighted by molar-refractivity contribution is 9.10. The molecule has 1 heterocycles. The summed E-state index contributed by atoms with van der Waals surface area (Å²) in [6.07, 6.45) is 3.02. The molecule has 0 saturated heterocycles. The van der Waals surface area contributed by atoms with Gasteiger partial charge < -0.3 is 11.1 Å². The molecule has 1 aromatic carbocycles. The van der Waals surface area contributed by atoms with E-state index in [0.717, 1.165) is 12.1 Å². The minimum atomic E-state index is -0.918. The normalized spacial score (nSPS) is 10.3. The molecule has 0 saturated carbocycles. The quantitative estimate of drug-likeness (QED) is 0.893. The summed E-state index contributed by atoms with van der Waals surface area (Å²) in [5.41, 5.74) is 7.09. The summed E-state index contributed by atoms with van der Waals surface area (Å²) in [5.74, 6) is -1.81. The SMILES string of the molecule is Nc1cncc(Br)c1Nc1ccc(F)c(F)c1. The highest BCUT2D eigenvalue weighted by Crippen LogP contribution is 2.30. The molecule has 88 valence electrons. The maximum atomic E-state index is 13.0. The number of aromatic nitrogens is 1. The predicted molar refractivity (Wildman–Crippen MR) is 66.0 cm³/mol. The average Bonchev–Trinajstić information content (AvgIpc) is 2.28. The van der Waals surface area contributed by atoms with Gasteiger partial charge in [0.05, 0.1) is 22.0 Å². The summed E-state index contributed by atoms with van der Waals surface area (Å²) in [6, 6.07) is 3.52. The van der Waals surface area contributed by atoms with E-state index in [9.17, 15) is 8.78 Å². The van der Waals surface area contributed by atoms with Crippen molar-refractivity contribution in [1.82, 2.24) is 4.98 Å². The minimum Gasteiger partial charge on any atom is -0.396 e. The van der Waals surface area contributed by atoms with Crippen LogP contribution >= 0.6 is 15.9 Å². The third kappa shape index (κ3) is 2.52. The van der Waals surface area contributed by atoms with Crippen molar-refractivity contribution in [2.45, 2.75) is 0 Å². The molecule has 0 amide bonds. The lowest BCUT2D eigenvalue weighted by Crippen LogP contribution is -1.99. The summed E-state index contributed by atoms with van der Waals surface area (Å²) in [6.45, 7) is 0. The van der Waals surface area contributed by atoms with Gasteiger partial charge in [0.1, 0.15) is 0 Å². The number of benzene rings is 1. The molecular weight excluding hydrogens is 292 g/mol. The van der Waals surface area contributed by atoms with Gasteiger partial charge in [-0.15, -0.1) is 0 Å². The topological polar surface area (TPSA) is 50.9 Å². The van der Waals surface area contributed by atoms with Crippen LogP contribution in [0.25, 0.3) is 0 Å². The molecule has 0 radical (unpaired) electrons. The molecule has 0 aliphatic carbocycles. The van der Waals surface area contributed by atoms with Crippen molar-refractivity contribution in [2.24, 2.45) is 0 Å². The van der Waals surface area contributed by atoms with Crippen LogP contribution in [-0.2, 0) is 0 Å². The van der Waals surface area contributed by atoms with Crippen LogP contribution < -0.4 is 11.1 Å². The van der Waals surface area contributed by atoms with Crippen LogP contribution in [0.3, 0.4) is 0 Å². The highest BCUT2D eigenvalue weighted by atomic mass is 79.9. The average molecular weight is 300 g/mol. The number of nitrogens with two attached hydrogens (primary N) is 1. The van der Waals surface area contributed by atoms with Gasteiger partial charge in [-0.3, -0.25) is 4.98 Å². The number of nitrogen functional groups attached to an aromatic ring is 1. The zero-order valence-corrected chi connectivity index (χ0v) is 10.1. The molecule has 0 aliphatic rings. The second-order valence-electron chi connectivity index (χ2n) is 3.34. The fourth-order valence-corrected chi connectivity index (χ4v) is 1.75. The first-order chi connectivity index (χ1) is 8.08. The molecular formula is C11H8BrF2N3. The van der Waals surface area contributed by atoms with Crippen molar-refractivity contribution < 1.29 is 8.78 Å². The number of pyridine rings is 1. The summed E-state index contributed by atoms with van der Waals surface area (Å²) in [5, 5.41) is 2.89. The molecule has 0 spiro atoms. The Morgan fingerprint density at radius 3 is 2.59 bits per heavy atom. The van der Waals surface area contributed by atoms with E-state index >= 15 is 0 Å². The Kier molecular flexibility index (Phi) is 3.23.